The first-order chi connectivity index (χ1) is 6.33. The van der Waals surface area contributed by atoms with E-state index in [0.29, 0.717) is 6.61 Å². The van der Waals surface area contributed by atoms with Gasteiger partial charge in [-0.25, -0.2) is 4.39 Å². The molecule has 0 bridgehead atoms. The lowest BCUT2D eigenvalue weighted by molar-refractivity contribution is 0.118. The molecule has 0 saturated heterocycles. The molecule has 1 aromatic carbocycles. The van der Waals surface area contributed by atoms with Crippen LogP contribution in [0.2, 0.25) is 0 Å². The lowest BCUT2D eigenvalue weighted by Gasteiger charge is -2.02. The maximum absolute atomic E-state index is 12.5. The molecule has 0 amide bonds. The first-order valence-corrected chi connectivity index (χ1v) is 4.65. The van der Waals surface area contributed by atoms with E-state index < -0.39 is 0 Å². The highest BCUT2D eigenvalue weighted by atomic mass is 19.1. The maximum atomic E-state index is 12.5. The van der Waals surface area contributed by atoms with Crippen LogP contribution >= 0.6 is 0 Å². The second kappa shape index (κ2) is 5.70. The van der Waals surface area contributed by atoms with Crippen LogP contribution in [0.15, 0.2) is 24.3 Å². The zero-order chi connectivity index (χ0) is 9.52. The lowest BCUT2D eigenvalue weighted by Crippen LogP contribution is -1.94. The monoisotopic (exact) mass is 182 g/mol. The highest BCUT2D eigenvalue weighted by molar-refractivity contribution is 5.14. The molecule has 0 spiro atoms. The Morgan fingerprint density at radius 2 is 1.92 bits per heavy atom. The summed E-state index contributed by atoms with van der Waals surface area (Å²) in [5, 5.41) is 0. The molecule has 0 radical (unpaired) electrons. The van der Waals surface area contributed by atoms with Gasteiger partial charge in [0.05, 0.1) is 6.61 Å². The van der Waals surface area contributed by atoms with Crippen LogP contribution in [-0.4, -0.2) is 6.61 Å². The largest absolute Gasteiger partial charge is 0.377 e. The fraction of sp³-hybridized carbons (Fsp3) is 0.455. The number of unbranched alkanes of at least 4 members (excludes halogenated alkanes) is 1. The van der Waals surface area contributed by atoms with Gasteiger partial charge in [-0.15, -0.1) is 0 Å². The number of benzene rings is 1. The van der Waals surface area contributed by atoms with Gasteiger partial charge in [-0.05, 0) is 24.1 Å². The molecule has 0 aliphatic heterocycles. The SMILES string of the molecule is CCCCOCc1ccc(F)cc1. The number of hydrogen-bond acceptors (Lipinski definition) is 1. The molecule has 0 N–H and O–H groups in total. The fourth-order valence-electron chi connectivity index (χ4n) is 1.02. The van der Waals surface area contributed by atoms with Crippen LogP contribution in [0, 0.1) is 5.82 Å². The minimum absolute atomic E-state index is 0.197. The van der Waals surface area contributed by atoms with Crippen LogP contribution in [0.4, 0.5) is 4.39 Å². The van der Waals surface area contributed by atoms with Crippen molar-refractivity contribution >= 4 is 0 Å². The van der Waals surface area contributed by atoms with E-state index in [1.165, 1.54) is 12.1 Å². The van der Waals surface area contributed by atoms with Crippen LogP contribution in [-0.2, 0) is 11.3 Å². The second-order valence-corrected chi connectivity index (χ2v) is 3.03. The van der Waals surface area contributed by atoms with E-state index in [1.54, 1.807) is 12.1 Å². The number of ether oxygens (including phenoxy) is 1. The Bertz CT molecular complexity index is 230. The smallest absolute Gasteiger partial charge is 0.123 e. The number of rotatable bonds is 5. The van der Waals surface area contributed by atoms with Crippen LogP contribution in [0.25, 0.3) is 0 Å². The molecule has 0 atom stereocenters. The van der Waals surface area contributed by atoms with Crippen molar-refractivity contribution in [1.82, 2.24) is 0 Å². The summed E-state index contributed by atoms with van der Waals surface area (Å²) < 4.78 is 17.9. The predicted molar refractivity (Wildman–Crippen MR) is 51.0 cm³/mol. The molecular weight excluding hydrogens is 167 g/mol. The van der Waals surface area contributed by atoms with Gasteiger partial charge in [0.15, 0.2) is 0 Å². The Hall–Kier alpha value is -0.890. The topological polar surface area (TPSA) is 9.23 Å². The summed E-state index contributed by atoms with van der Waals surface area (Å²) in [4.78, 5) is 0. The van der Waals surface area contributed by atoms with Crippen LogP contribution in [0.5, 0.6) is 0 Å². The van der Waals surface area contributed by atoms with Gasteiger partial charge in [0, 0.05) is 6.61 Å². The standard InChI is InChI=1S/C11H15FO/c1-2-3-8-13-9-10-4-6-11(12)7-5-10/h4-7H,2-3,8-9H2,1H3. The molecule has 1 aromatic rings. The molecular formula is C11H15FO. The van der Waals surface area contributed by atoms with Gasteiger partial charge in [0.2, 0.25) is 0 Å². The van der Waals surface area contributed by atoms with E-state index in [4.69, 9.17) is 4.74 Å². The summed E-state index contributed by atoms with van der Waals surface area (Å²) >= 11 is 0. The van der Waals surface area contributed by atoms with E-state index in [0.717, 1.165) is 25.0 Å². The maximum Gasteiger partial charge on any atom is 0.123 e. The van der Waals surface area contributed by atoms with Crippen molar-refractivity contribution in [3.05, 3.63) is 35.6 Å². The van der Waals surface area contributed by atoms with Crippen molar-refractivity contribution in [1.29, 1.82) is 0 Å². The Morgan fingerprint density at radius 3 is 2.54 bits per heavy atom. The van der Waals surface area contributed by atoms with Gasteiger partial charge in [-0.3, -0.25) is 0 Å². The molecule has 0 unspecified atom stereocenters. The second-order valence-electron chi connectivity index (χ2n) is 3.03. The van der Waals surface area contributed by atoms with Gasteiger partial charge >= 0.3 is 0 Å². The van der Waals surface area contributed by atoms with E-state index in [-0.39, 0.29) is 5.82 Å². The molecule has 1 rings (SSSR count). The van der Waals surface area contributed by atoms with Crippen LogP contribution < -0.4 is 0 Å². The number of hydrogen-bond donors (Lipinski definition) is 0. The average molecular weight is 182 g/mol. The molecule has 72 valence electrons. The van der Waals surface area contributed by atoms with Crippen molar-refractivity contribution in [2.24, 2.45) is 0 Å². The Morgan fingerprint density at radius 1 is 1.23 bits per heavy atom. The highest BCUT2D eigenvalue weighted by Gasteiger charge is 1.93. The summed E-state index contributed by atoms with van der Waals surface area (Å²) in [6.07, 6.45) is 2.23. The normalized spacial score (nSPS) is 10.3. The molecule has 2 heteroatoms. The van der Waals surface area contributed by atoms with E-state index in [1.807, 2.05) is 0 Å². The lowest BCUT2D eigenvalue weighted by atomic mass is 10.2. The van der Waals surface area contributed by atoms with Crippen molar-refractivity contribution in [2.75, 3.05) is 6.61 Å². The summed E-state index contributed by atoms with van der Waals surface area (Å²) in [5.74, 6) is -0.197. The third-order valence-corrected chi connectivity index (χ3v) is 1.82. The average Bonchev–Trinajstić information content (AvgIpc) is 2.15. The molecule has 0 aliphatic carbocycles. The fourth-order valence-corrected chi connectivity index (χ4v) is 1.02. The molecule has 0 aromatic heterocycles. The van der Waals surface area contributed by atoms with Gasteiger partial charge in [0.25, 0.3) is 0 Å². The van der Waals surface area contributed by atoms with Gasteiger partial charge in [0.1, 0.15) is 5.82 Å². The Labute approximate surface area is 78.5 Å². The van der Waals surface area contributed by atoms with Gasteiger partial charge < -0.3 is 4.74 Å². The molecule has 13 heavy (non-hydrogen) atoms. The van der Waals surface area contributed by atoms with Gasteiger partial charge in [-0.1, -0.05) is 25.5 Å². The van der Waals surface area contributed by atoms with Crippen LogP contribution in [0.3, 0.4) is 0 Å². The zero-order valence-corrected chi connectivity index (χ0v) is 7.92. The summed E-state index contributed by atoms with van der Waals surface area (Å²) in [7, 11) is 0. The molecule has 0 heterocycles. The first-order valence-electron chi connectivity index (χ1n) is 4.65. The number of halogens is 1. The molecule has 0 aliphatic rings. The van der Waals surface area contributed by atoms with E-state index >= 15 is 0 Å². The third kappa shape index (κ3) is 4.04. The van der Waals surface area contributed by atoms with Crippen LogP contribution in [0.1, 0.15) is 25.3 Å². The van der Waals surface area contributed by atoms with Crippen molar-refractivity contribution in [3.8, 4) is 0 Å². The summed E-state index contributed by atoms with van der Waals surface area (Å²) in [5.41, 5.74) is 1.03. The minimum Gasteiger partial charge on any atom is -0.377 e. The zero-order valence-electron chi connectivity index (χ0n) is 7.92. The van der Waals surface area contributed by atoms with Crippen molar-refractivity contribution in [3.63, 3.8) is 0 Å². The van der Waals surface area contributed by atoms with Gasteiger partial charge in [-0.2, -0.15) is 0 Å². The van der Waals surface area contributed by atoms with Crippen molar-refractivity contribution < 1.29 is 9.13 Å². The predicted octanol–water partition coefficient (Wildman–Crippen LogP) is 3.14. The summed E-state index contributed by atoms with van der Waals surface area (Å²) in [6.45, 7) is 3.50. The quantitative estimate of drug-likeness (QED) is 0.635. The van der Waals surface area contributed by atoms with E-state index in [2.05, 4.69) is 6.92 Å². The Balaban J connectivity index is 2.25. The summed E-state index contributed by atoms with van der Waals surface area (Å²) in [6, 6.07) is 6.42. The first kappa shape index (κ1) is 10.2. The molecule has 0 fully saturated rings. The molecule has 0 saturated carbocycles. The van der Waals surface area contributed by atoms with Crippen molar-refractivity contribution in [2.45, 2.75) is 26.4 Å². The van der Waals surface area contributed by atoms with E-state index in [9.17, 15) is 4.39 Å². The Kier molecular flexibility index (Phi) is 4.47. The highest BCUT2D eigenvalue weighted by Crippen LogP contribution is 2.04. The minimum atomic E-state index is -0.197. The molecule has 1 nitrogen and oxygen atoms in total. The third-order valence-electron chi connectivity index (χ3n) is 1.82.